The van der Waals surface area contributed by atoms with Crippen molar-refractivity contribution in [2.75, 3.05) is 5.43 Å². The maximum absolute atomic E-state index is 12.9. The van der Waals surface area contributed by atoms with Gasteiger partial charge in [0, 0.05) is 7.05 Å². The Bertz CT molecular complexity index is 849. The second-order valence-corrected chi connectivity index (χ2v) is 3.99. The summed E-state index contributed by atoms with van der Waals surface area (Å²) < 4.78 is 27.3. The molecule has 0 bridgehead atoms. The number of hydrogen-bond donors (Lipinski definition) is 1. The van der Waals surface area contributed by atoms with E-state index >= 15 is 0 Å². The molecule has 1 aromatic heterocycles. The number of halogens is 2. The molecule has 0 unspecified atom stereocenters. The molecule has 0 amide bonds. The molecule has 0 aliphatic rings. The van der Waals surface area contributed by atoms with Gasteiger partial charge in [-0.1, -0.05) is 0 Å². The van der Waals surface area contributed by atoms with Gasteiger partial charge in [-0.05, 0) is 18.2 Å². The predicted molar refractivity (Wildman–Crippen MR) is 70.7 cm³/mol. The van der Waals surface area contributed by atoms with Crippen LogP contribution in [0.5, 0.6) is 0 Å². The topological polar surface area (TPSA) is 98.9 Å². The fourth-order valence-electron chi connectivity index (χ4n) is 1.82. The van der Waals surface area contributed by atoms with Crippen LogP contribution >= 0.6 is 0 Å². The Hall–Kier alpha value is -3.20. The number of aryl methyl sites for hydroxylation is 1. The first-order valence-electron chi connectivity index (χ1n) is 5.62. The molecular formula is C12H8F2N6O. The molecule has 1 N–H and O–H groups in total. The average molecular weight is 290 g/mol. The van der Waals surface area contributed by atoms with Gasteiger partial charge in [-0.2, -0.15) is 24.4 Å². The Morgan fingerprint density at radius 1 is 1.33 bits per heavy atom. The second kappa shape index (κ2) is 5.43. The molecule has 0 fully saturated rings. The molecule has 0 saturated carbocycles. The molecule has 9 heteroatoms. The molecule has 106 valence electrons. The average Bonchev–Trinajstić information content (AvgIpc) is 2.71. The summed E-state index contributed by atoms with van der Waals surface area (Å²) >= 11 is 0. The number of nitrogens with zero attached hydrogens (tertiary/aromatic N) is 5. The summed E-state index contributed by atoms with van der Waals surface area (Å²) in [6.45, 7) is -2.98. The van der Waals surface area contributed by atoms with Crippen molar-refractivity contribution >= 4 is 22.4 Å². The fraction of sp³-hybridized carbons (Fsp3) is 0.167. The van der Waals surface area contributed by atoms with Gasteiger partial charge in [0.1, 0.15) is 12.1 Å². The van der Waals surface area contributed by atoms with Crippen molar-refractivity contribution in [1.82, 2.24) is 9.13 Å². The van der Waals surface area contributed by atoms with Crippen molar-refractivity contribution < 1.29 is 8.78 Å². The van der Waals surface area contributed by atoms with Gasteiger partial charge in [0.25, 0.3) is 0 Å². The summed E-state index contributed by atoms with van der Waals surface area (Å²) in [6.07, 6.45) is 0. The summed E-state index contributed by atoms with van der Waals surface area (Å²) in [5.74, 6) is 0. The molecule has 21 heavy (non-hydrogen) atoms. The molecule has 1 aromatic carbocycles. The van der Waals surface area contributed by atoms with E-state index < -0.39 is 18.0 Å². The van der Waals surface area contributed by atoms with E-state index in [1.807, 2.05) is 0 Å². The molecule has 7 nitrogen and oxygen atoms in total. The minimum absolute atomic E-state index is 0.0214. The van der Waals surface area contributed by atoms with Crippen molar-refractivity contribution in [3.05, 3.63) is 28.7 Å². The Kier molecular flexibility index (Phi) is 3.67. The summed E-state index contributed by atoms with van der Waals surface area (Å²) in [6, 6.07) is 7.35. The number of imidazole rings is 1. The van der Waals surface area contributed by atoms with Gasteiger partial charge in [0.05, 0.1) is 16.7 Å². The maximum atomic E-state index is 12.9. The molecule has 0 atom stereocenters. The van der Waals surface area contributed by atoms with Crippen LogP contribution in [-0.4, -0.2) is 14.8 Å². The van der Waals surface area contributed by atoms with Gasteiger partial charge < -0.3 is 0 Å². The van der Waals surface area contributed by atoms with Crippen LogP contribution in [-0.2, 0) is 7.05 Å². The Morgan fingerprint density at radius 3 is 2.57 bits per heavy atom. The minimum atomic E-state index is -2.98. The number of rotatable bonds is 3. The van der Waals surface area contributed by atoms with Crippen molar-refractivity contribution in [2.24, 2.45) is 12.1 Å². The quantitative estimate of drug-likeness (QED) is 0.684. The van der Waals surface area contributed by atoms with Gasteiger partial charge >= 0.3 is 12.2 Å². The van der Waals surface area contributed by atoms with Gasteiger partial charge in [-0.3, -0.25) is 9.99 Å². The number of benzene rings is 1. The van der Waals surface area contributed by atoms with Crippen LogP contribution in [0.2, 0.25) is 0 Å². The predicted octanol–water partition coefficient (Wildman–Crippen LogP) is 1.55. The van der Waals surface area contributed by atoms with Crippen molar-refractivity contribution in [1.29, 1.82) is 10.5 Å². The lowest BCUT2D eigenvalue weighted by Gasteiger charge is -2.03. The van der Waals surface area contributed by atoms with E-state index in [1.54, 1.807) is 12.1 Å². The number of nitrogens with one attached hydrogen (secondary N) is 1. The number of alkyl halides is 2. The maximum Gasteiger partial charge on any atom is 0.333 e. The number of anilines is 1. The van der Waals surface area contributed by atoms with Crippen molar-refractivity contribution in [3.63, 3.8) is 0 Å². The normalized spacial score (nSPS) is 10.2. The largest absolute Gasteiger partial charge is 0.333 e. The van der Waals surface area contributed by atoms with E-state index in [2.05, 4.69) is 10.5 Å². The van der Waals surface area contributed by atoms with Crippen LogP contribution in [0.15, 0.2) is 28.1 Å². The van der Waals surface area contributed by atoms with E-state index in [0.29, 0.717) is 10.1 Å². The highest BCUT2D eigenvalue weighted by atomic mass is 19.3. The zero-order valence-electron chi connectivity index (χ0n) is 10.7. The summed E-state index contributed by atoms with van der Waals surface area (Å²) in [4.78, 5) is 11.7. The minimum Gasteiger partial charge on any atom is -0.295 e. The van der Waals surface area contributed by atoms with Gasteiger partial charge in [0.2, 0.25) is 5.71 Å². The zero-order valence-corrected chi connectivity index (χ0v) is 10.7. The smallest absolute Gasteiger partial charge is 0.295 e. The molecule has 2 aromatic rings. The highest BCUT2D eigenvalue weighted by Gasteiger charge is 2.17. The second-order valence-electron chi connectivity index (χ2n) is 3.99. The van der Waals surface area contributed by atoms with E-state index in [0.717, 1.165) is 4.57 Å². The molecule has 0 aliphatic heterocycles. The van der Waals surface area contributed by atoms with Crippen molar-refractivity contribution in [3.8, 4) is 12.1 Å². The summed E-state index contributed by atoms with van der Waals surface area (Å²) in [5.41, 5.74) is 1.78. The SMILES string of the molecule is Cn1c(=O)n(C(F)F)c2cc(NN=C(C#N)C#N)ccc21. The Labute approximate surface area is 116 Å². The molecule has 1 heterocycles. The standard InChI is InChI=1S/C12H8F2N6O/c1-19-9-3-2-7(17-18-8(5-15)6-16)4-10(9)20(11(13)14)12(19)21/h2-4,11,17H,1H3. The van der Waals surface area contributed by atoms with Gasteiger partial charge in [-0.25, -0.2) is 9.36 Å². The zero-order chi connectivity index (χ0) is 15.6. The third-order valence-corrected chi connectivity index (χ3v) is 2.79. The molecule has 0 saturated heterocycles. The third-order valence-electron chi connectivity index (χ3n) is 2.79. The first kappa shape index (κ1) is 14.2. The van der Waals surface area contributed by atoms with E-state index in [-0.39, 0.29) is 11.2 Å². The number of hydrazone groups is 1. The number of aromatic nitrogens is 2. The highest BCUT2D eigenvalue weighted by Crippen LogP contribution is 2.22. The van der Waals surface area contributed by atoms with E-state index in [4.69, 9.17) is 10.5 Å². The van der Waals surface area contributed by atoms with Crippen LogP contribution < -0.4 is 11.1 Å². The van der Waals surface area contributed by atoms with Crippen LogP contribution in [0.3, 0.4) is 0 Å². The lowest BCUT2D eigenvalue weighted by molar-refractivity contribution is 0.0705. The molecular weight excluding hydrogens is 282 g/mol. The van der Waals surface area contributed by atoms with Crippen LogP contribution in [0.25, 0.3) is 11.0 Å². The molecule has 0 spiro atoms. The van der Waals surface area contributed by atoms with Crippen LogP contribution in [0, 0.1) is 22.7 Å². The monoisotopic (exact) mass is 290 g/mol. The van der Waals surface area contributed by atoms with Crippen molar-refractivity contribution in [2.45, 2.75) is 6.55 Å². The lowest BCUT2D eigenvalue weighted by atomic mass is 10.3. The number of fused-ring (bicyclic) bond motifs is 1. The lowest BCUT2D eigenvalue weighted by Crippen LogP contribution is -2.22. The fourth-order valence-corrected chi connectivity index (χ4v) is 1.82. The summed E-state index contributed by atoms with van der Waals surface area (Å²) in [7, 11) is 1.39. The van der Waals surface area contributed by atoms with Gasteiger partial charge in [0.15, 0.2) is 0 Å². The van der Waals surface area contributed by atoms with Gasteiger partial charge in [-0.15, -0.1) is 0 Å². The third kappa shape index (κ3) is 2.44. The number of nitriles is 2. The van der Waals surface area contributed by atoms with Crippen LogP contribution in [0.4, 0.5) is 14.5 Å². The number of hydrogen-bond acceptors (Lipinski definition) is 5. The first-order valence-corrected chi connectivity index (χ1v) is 5.62. The molecule has 0 radical (unpaired) electrons. The van der Waals surface area contributed by atoms with Crippen LogP contribution in [0.1, 0.15) is 6.55 Å². The first-order chi connectivity index (χ1) is 9.99. The van der Waals surface area contributed by atoms with E-state index in [9.17, 15) is 13.6 Å². The Morgan fingerprint density at radius 2 is 2.00 bits per heavy atom. The highest BCUT2D eigenvalue weighted by molar-refractivity contribution is 6.10. The van der Waals surface area contributed by atoms with E-state index in [1.165, 1.54) is 25.2 Å². The summed E-state index contributed by atoms with van der Waals surface area (Å²) in [5, 5.41) is 20.6. The Balaban J connectivity index is 2.55. The molecule has 2 rings (SSSR count). The molecule has 0 aliphatic carbocycles.